The van der Waals surface area contributed by atoms with Crippen molar-refractivity contribution in [3.63, 3.8) is 0 Å². The Balaban J connectivity index is 1.80. The lowest BCUT2D eigenvalue weighted by molar-refractivity contribution is -0.126. The van der Waals surface area contributed by atoms with Gasteiger partial charge in [-0.1, -0.05) is 19.1 Å². The van der Waals surface area contributed by atoms with E-state index in [0.717, 1.165) is 19.3 Å². The fraction of sp³-hybridized carbons (Fsp3) is 0.750. The molecule has 3 amide bonds. The van der Waals surface area contributed by atoms with E-state index in [0.29, 0.717) is 12.6 Å². The summed E-state index contributed by atoms with van der Waals surface area (Å²) in [7, 11) is 0. The standard InChI is InChI=1S/C16H27N3O4/c1-2-8-17-16(22)19-13-7-6-12(23-14(13)10-20)9-15(21)18-11-4-3-5-11/h6-7,11-14,20H,2-5,8-10H2,1H3,(H,18,21)(H2,17,19,22)/t12-,13+,14-/m0/s1. The Labute approximate surface area is 136 Å². The SMILES string of the molecule is CCCNC(=O)N[C@@H]1C=C[C@@H](CC(=O)NC2CCC2)O[C@H]1CO. The van der Waals surface area contributed by atoms with Crippen molar-refractivity contribution < 1.29 is 19.4 Å². The van der Waals surface area contributed by atoms with Crippen LogP contribution in [0, 0.1) is 0 Å². The summed E-state index contributed by atoms with van der Waals surface area (Å²) in [5, 5.41) is 17.9. The first-order chi connectivity index (χ1) is 11.1. The first-order valence-electron chi connectivity index (χ1n) is 8.40. The van der Waals surface area contributed by atoms with Crippen molar-refractivity contribution >= 4 is 11.9 Å². The number of nitrogens with one attached hydrogen (secondary N) is 3. The monoisotopic (exact) mass is 325 g/mol. The first-order valence-corrected chi connectivity index (χ1v) is 8.40. The highest BCUT2D eigenvalue weighted by atomic mass is 16.5. The van der Waals surface area contributed by atoms with Crippen molar-refractivity contribution in [2.75, 3.05) is 13.2 Å². The summed E-state index contributed by atoms with van der Waals surface area (Å²) in [5.74, 6) is -0.0341. The van der Waals surface area contributed by atoms with Crippen LogP contribution in [0.5, 0.6) is 0 Å². The molecule has 1 aliphatic heterocycles. The molecule has 0 unspecified atom stereocenters. The first kappa shape index (κ1) is 17.7. The Morgan fingerprint density at radius 2 is 2.04 bits per heavy atom. The van der Waals surface area contributed by atoms with Crippen LogP contribution in [0.4, 0.5) is 4.79 Å². The van der Waals surface area contributed by atoms with Gasteiger partial charge < -0.3 is 25.8 Å². The van der Waals surface area contributed by atoms with Gasteiger partial charge >= 0.3 is 6.03 Å². The molecule has 130 valence electrons. The molecule has 23 heavy (non-hydrogen) atoms. The number of urea groups is 1. The van der Waals surface area contributed by atoms with Gasteiger partial charge in [-0.2, -0.15) is 0 Å². The van der Waals surface area contributed by atoms with E-state index in [1.807, 2.05) is 6.92 Å². The van der Waals surface area contributed by atoms with E-state index in [1.165, 1.54) is 6.42 Å². The second-order valence-corrected chi connectivity index (χ2v) is 6.11. The lowest BCUT2D eigenvalue weighted by Gasteiger charge is -2.32. The Hall–Kier alpha value is -1.60. The summed E-state index contributed by atoms with van der Waals surface area (Å²) in [4.78, 5) is 23.6. The van der Waals surface area contributed by atoms with Crippen LogP contribution in [-0.2, 0) is 9.53 Å². The zero-order valence-electron chi connectivity index (χ0n) is 13.6. The molecule has 0 spiro atoms. The highest BCUT2D eigenvalue weighted by Crippen LogP contribution is 2.19. The lowest BCUT2D eigenvalue weighted by atomic mass is 9.93. The van der Waals surface area contributed by atoms with Gasteiger partial charge in [0, 0.05) is 12.6 Å². The molecule has 1 aliphatic carbocycles. The zero-order valence-corrected chi connectivity index (χ0v) is 13.6. The molecule has 2 aliphatic rings. The highest BCUT2D eigenvalue weighted by Gasteiger charge is 2.29. The maximum atomic E-state index is 11.9. The summed E-state index contributed by atoms with van der Waals surface area (Å²) in [6, 6.07) is -0.382. The van der Waals surface area contributed by atoms with Crippen LogP contribution >= 0.6 is 0 Å². The molecule has 0 aromatic carbocycles. The topological polar surface area (TPSA) is 99.7 Å². The van der Waals surface area contributed by atoms with E-state index in [9.17, 15) is 14.7 Å². The Morgan fingerprint density at radius 3 is 2.65 bits per heavy atom. The molecule has 1 heterocycles. The van der Waals surface area contributed by atoms with E-state index in [4.69, 9.17) is 4.74 Å². The number of hydrogen-bond acceptors (Lipinski definition) is 4. The van der Waals surface area contributed by atoms with Gasteiger partial charge in [-0.05, 0) is 25.7 Å². The lowest BCUT2D eigenvalue weighted by Crippen LogP contribution is -2.52. The van der Waals surface area contributed by atoms with Crippen molar-refractivity contribution in [2.45, 2.75) is 63.3 Å². The molecule has 0 radical (unpaired) electrons. The smallest absolute Gasteiger partial charge is 0.315 e. The number of aliphatic hydroxyl groups is 1. The molecule has 0 bridgehead atoms. The Kier molecular flexibility index (Phi) is 6.85. The minimum absolute atomic E-state index is 0.0341. The predicted octanol–water partition coefficient (Wildman–Crippen LogP) is 0.439. The van der Waals surface area contributed by atoms with Crippen LogP contribution in [0.1, 0.15) is 39.0 Å². The van der Waals surface area contributed by atoms with Crippen LogP contribution in [0.2, 0.25) is 0 Å². The summed E-state index contributed by atoms with van der Waals surface area (Å²) >= 11 is 0. The van der Waals surface area contributed by atoms with Gasteiger partial charge in [0.25, 0.3) is 0 Å². The van der Waals surface area contributed by atoms with Gasteiger partial charge in [-0.15, -0.1) is 0 Å². The summed E-state index contributed by atoms with van der Waals surface area (Å²) < 4.78 is 5.72. The van der Waals surface area contributed by atoms with Gasteiger partial charge in [-0.3, -0.25) is 4.79 Å². The molecular formula is C16H27N3O4. The van der Waals surface area contributed by atoms with Crippen molar-refractivity contribution in [3.05, 3.63) is 12.2 Å². The predicted molar refractivity (Wildman–Crippen MR) is 85.9 cm³/mol. The van der Waals surface area contributed by atoms with E-state index in [1.54, 1.807) is 12.2 Å². The van der Waals surface area contributed by atoms with E-state index < -0.39 is 12.1 Å². The average molecular weight is 325 g/mol. The number of carbonyl (C=O) groups is 2. The summed E-state index contributed by atoms with van der Waals surface area (Å²) in [6.07, 6.45) is 7.00. The van der Waals surface area contributed by atoms with E-state index in [-0.39, 0.29) is 31.1 Å². The number of hydrogen-bond donors (Lipinski definition) is 4. The van der Waals surface area contributed by atoms with Gasteiger partial charge in [0.15, 0.2) is 0 Å². The maximum absolute atomic E-state index is 11.9. The summed E-state index contributed by atoms with van der Waals surface area (Å²) in [6.45, 7) is 2.35. The molecule has 7 heteroatoms. The third kappa shape index (κ3) is 5.51. The molecule has 0 saturated heterocycles. The molecule has 1 saturated carbocycles. The Morgan fingerprint density at radius 1 is 1.26 bits per heavy atom. The maximum Gasteiger partial charge on any atom is 0.315 e. The second kappa shape index (κ2) is 8.88. The third-order valence-electron chi connectivity index (χ3n) is 4.15. The third-order valence-corrected chi connectivity index (χ3v) is 4.15. The minimum Gasteiger partial charge on any atom is -0.394 e. The Bertz CT molecular complexity index is 437. The van der Waals surface area contributed by atoms with Crippen LogP contribution in [-0.4, -0.2) is 54.5 Å². The molecule has 0 aromatic rings. The number of amides is 3. The molecule has 7 nitrogen and oxygen atoms in total. The van der Waals surface area contributed by atoms with Gasteiger partial charge in [0.05, 0.1) is 25.2 Å². The second-order valence-electron chi connectivity index (χ2n) is 6.11. The normalized spacial score (nSPS) is 27.1. The fourth-order valence-electron chi connectivity index (χ4n) is 2.60. The molecule has 3 atom stereocenters. The minimum atomic E-state index is -0.547. The van der Waals surface area contributed by atoms with Gasteiger partial charge in [0.1, 0.15) is 6.10 Å². The molecule has 2 rings (SSSR count). The van der Waals surface area contributed by atoms with Gasteiger partial charge in [-0.25, -0.2) is 4.79 Å². The number of aliphatic hydroxyl groups excluding tert-OH is 1. The van der Waals surface area contributed by atoms with Crippen LogP contribution in [0.15, 0.2) is 12.2 Å². The molecule has 4 N–H and O–H groups in total. The number of ether oxygens (including phenoxy) is 1. The largest absolute Gasteiger partial charge is 0.394 e. The van der Waals surface area contributed by atoms with Crippen molar-refractivity contribution in [1.29, 1.82) is 0 Å². The van der Waals surface area contributed by atoms with Crippen molar-refractivity contribution in [1.82, 2.24) is 16.0 Å². The fourth-order valence-corrected chi connectivity index (χ4v) is 2.60. The molecular weight excluding hydrogens is 298 g/mol. The van der Waals surface area contributed by atoms with Crippen molar-refractivity contribution in [2.24, 2.45) is 0 Å². The zero-order chi connectivity index (χ0) is 16.7. The average Bonchev–Trinajstić information content (AvgIpc) is 2.50. The van der Waals surface area contributed by atoms with E-state index in [2.05, 4.69) is 16.0 Å². The van der Waals surface area contributed by atoms with Crippen molar-refractivity contribution in [3.8, 4) is 0 Å². The van der Waals surface area contributed by atoms with Crippen LogP contribution in [0.3, 0.4) is 0 Å². The number of rotatable bonds is 7. The number of carbonyl (C=O) groups excluding carboxylic acids is 2. The van der Waals surface area contributed by atoms with Gasteiger partial charge in [0.2, 0.25) is 5.91 Å². The quantitative estimate of drug-likeness (QED) is 0.510. The van der Waals surface area contributed by atoms with Crippen LogP contribution in [0.25, 0.3) is 0 Å². The highest BCUT2D eigenvalue weighted by molar-refractivity contribution is 5.77. The van der Waals surface area contributed by atoms with Crippen LogP contribution < -0.4 is 16.0 Å². The summed E-state index contributed by atoms with van der Waals surface area (Å²) in [5.41, 5.74) is 0. The molecule has 1 fully saturated rings. The molecule has 0 aromatic heterocycles. The van der Waals surface area contributed by atoms with E-state index >= 15 is 0 Å².